The van der Waals surface area contributed by atoms with Crippen LogP contribution in [-0.2, 0) is 17.7 Å². The van der Waals surface area contributed by atoms with Crippen LogP contribution in [0.3, 0.4) is 0 Å². The Balaban J connectivity index is 1.19. The quantitative estimate of drug-likeness (QED) is 0.285. The average molecular weight is 529 g/mol. The van der Waals surface area contributed by atoms with Crippen molar-refractivity contribution in [2.45, 2.75) is 51.2 Å². The highest BCUT2D eigenvalue weighted by Gasteiger charge is 2.20. The summed E-state index contributed by atoms with van der Waals surface area (Å²) in [6.45, 7) is 7.72. The second-order valence-corrected chi connectivity index (χ2v) is 12.0. The van der Waals surface area contributed by atoms with Gasteiger partial charge >= 0.3 is 0 Å². The molecule has 200 valence electrons. The van der Waals surface area contributed by atoms with Gasteiger partial charge in [0.1, 0.15) is 5.75 Å². The second-order valence-electron chi connectivity index (χ2n) is 10.9. The van der Waals surface area contributed by atoms with Crippen molar-refractivity contribution in [2.24, 2.45) is 0 Å². The zero-order valence-corrected chi connectivity index (χ0v) is 23.5. The molecule has 3 aromatic rings. The highest BCUT2D eigenvalue weighted by atomic mass is 32.1. The predicted octanol–water partition coefficient (Wildman–Crippen LogP) is 6.92. The molecule has 1 unspecified atom stereocenters. The van der Waals surface area contributed by atoms with Gasteiger partial charge in [-0.1, -0.05) is 48.6 Å². The molecule has 2 saturated heterocycles. The lowest BCUT2D eigenvalue weighted by Crippen LogP contribution is -2.26. The number of fused-ring (bicyclic) bond motifs is 1. The van der Waals surface area contributed by atoms with Crippen LogP contribution in [-0.4, -0.2) is 62.3 Å². The van der Waals surface area contributed by atoms with E-state index in [1.165, 1.54) is 89.1 Å². The van der Waals surface area contributed by atoms with Crippen molar-refractivity contribution in [2.75, 3.05) is 46.4 Å². The van der Waals surface area contributed by atoms with Crippen LogP contribution in [0, 0.1) is 0 Å². The first kappa shape index (κ1) is 25.8. The fraction of sp³-hybridized carbons (Fsp3) is 0.455. The van der Waals surface area contributed by atoms with Gasteiger partial charge in [-0.3, -0.25) is 4.90 Å². The first-order chi connectivity index (χ1) is 18.8. The Bertz CT molecular complexity index is 1300. The molecule has 1 atom stereocenters. The van der Waals surface area contributed by atoms with Crippen LogP contribution in [0.2, 0.25) is 0 Å². The second kappa shape index (κ2) is 12.2. The third-order valence-corrected chi connectivity index (χ3v) is 9.55. The van der Waals surface area contributed by atoms with E-state index in [0.717, 1.165) is 38.3 Å². The molecular weight excluding hydrogens is 488 g/mol. The van der Waals surface area contributed by atoms with Gasteiger partial charge in [-0.2, -0.15) is 0 Å². The van der Waals surface area contributed by atoms with Crippen LogP contribution in [0.1, 0.15) is 53.7 Å². The lowest BCUT2D eigenvalue weighted by molar-refractivity contribution is 0.0704. The maximum absolute atomic E-state index is 6.21. The molecule has 0 saturated carbocycles. The zero-order chi connectivity index (χ0) is 25.7. The minimum atomic E-state index is 0.187. The van der Waals surface area contributed by atoms with Gasteiger partial charge in [0, 0.05) is 28.2 Å². The maximum atomic E-state index is 6.21. The first-order valence-corrected chi connectivity index (χ1v) is 15.2. The highest BCUT2D eigenvalue weighted by molar-refractivity contribution is 7.20. The average Bonchev–Trinajstić information content (AvgIpc) is 3.73. The van der Waals surface area contributed by atoms with Gasteiger partial charge in [0.15, 0.2) is 0 Å². The van der Waals surface area contributed by atoms with E-state index in [-0.39, 0.29) is 6.10 Å². The van der Waals surface area contributed by atoms with Crippen LogP contribution in [0.5, 0.6) is 5.75 Å². The van der Waals surface area contributed by atoms with Gasteiger partial charge in [0.05, 0.1) is 19.8 Å². The third kappa shape index (κ3) is 5.91. The van der Waals surface area contributed by atoms with Crippen LogP contribution >= 0.6 is 11.3 Å². The number of nitrogens with zero attached hydrogens (tertiary/aromatic N) is 2. The fourth-order valence-electron chi connectivity index (χ4n) is 6.15. The summed E-state index contributed by atoms with van der Waals surface area (Å²) in [7, 11) is 1.80. The van der Waals surface area contributed by atoms with Crippen molar-refractivity contribution < 1.29 is 9.47 Å². The third-order valence-electron chi connectivity index (χ3n) is 8.28. The smallest absolute Gasteiger partial charge is 0.123 e. The molecule has 2 fully saturated rings. The molecule has 6 rings (SSSR count). The van der Waals surface area contributed by atoms with E-state index >= 15 is 0 Å². The molecular formula is C33H40N2O2S. The molecule has 0 N–H and O–H groups in total. The number of ether oxygens (including phenoxy) is 2. The topological polar surface area (TPSA) is 24.9 Å². The standard InChI is InChI=1S/C33H40N2O2S/c1-36-31-23-25(10-11-27(31)24-35-18-6-7-19-35)22-30-29-8-2-3-9-32(29)38-33(30)26-12-14-28(15-13-26)37-21-20-34-16-4-5-17-34/h2-3,8-14,23,28H,4-7,15-22,24H2,1H3. The minimum Gasteiger partial charge on any atom is -0.496 e. The summed E-state index contributed by atoms with van der Waals surface area (Å²) in [5.74, 6) is 1.01. The Labute approximate surface area is 231 Å². The van der Waals surface area contributed by atoms with Gasteiger partial charge in [-0.05, 0) is 98.9 Å². The molecule has 3 heterocycles. The lowest BCUT2D eigenvalue weighted by atomic mass is 9.95. The van der Waals surface area contributed by atoms with Crippen molar-refractivity contribution in [1.29, 1.82) is 0 Å². The number of allylic oxidation sites excluding steroid dienone is 2. The van der Waals surface area contributed by atoms with E-state index in [9.17, 15) is 0 Å². The van der Waals surface area contributed by atoms with E-state index in [0.29, 0.717) is 0 Å². The molecule has 0 amide bonds. The summed E-state index contributed by atoms with van der Waals surface area (Å²) in [5.41, 5.74) is 5.35. The Morgan fingerprint density at radius 1 is 0.947 bits per heavy atom. The number of thiophene rings is 1. The van der Waals surface area contributed by atoms with Crippen molar-refractivity contribution in [3.05, 3.63) is 82.3 Å². The van der Waals surface area contributed by atoms with Crippen LogP contribution in [0.25, 0.3) is 15.7 Å². The summed E-state index contributed by atoms with van der Waals surface area (Å²) in [6, 6.07) is 15.7. The fourth-order valence-corrected chi connectivity index (χ4v) is 7.40. The molecule has 38 heavy (non-hydrogen) atoms. The first-order valence-electron chi connectivity index (χ1n) is 14.4. The molecule has 1 aromatic heterocycles. The Morgan fingerprint density at radius 2 is 1.74 bits per heavy atom. The largest absolute Gasteiger partial charge is 0.496 e. The van der Waals surface area contributed by atoms with Crippen LogP contribution < -0.4 is 4.74 Å². The monoisotopic (exact) mass is 528 g/mol. The summed E-state index contributed by atoms with van der Waals surface area (Å²) < 4.78 is 13.4. The molecule has 3 aliphatic rings. The Kier molecular flexibility index (Phi) is 8.27. The normalized spacial score (nSPS) is 20.4. The Morgan fingerprint density at radius 3 is 2.50 bits per heavy atom. The molecule has 1 aliphatic carbocycles. The minimum absolute atomic E-state index is 0.187. The number of likely N-dealkylation sites (tertiary alicyclic amines) is 2. The van der Waals surface area contributed by atoms with Gasteiger partial charge in [-0.25, -0.2) is 0 Å². The van der Waals surface area contributed by atoms with E-state index in [1.807, 2.05) is 11.3 Å². The van der Waals surface area contributed by atoms with Crippen molar-refractivity contribution in [3.63, 3.8) is 0 Å². The van der Waals surface area contributed by atoms with Crippen molar-refractivity contribution >= 4 is 27.0 Å². The van der Waals surface area contributed by atoms with Gasteiger partial charge in [0.2, 0.25) is 0 Å². The molecule has 0 radical (unpaired) electrons. The SMILES string of the molecule is COc1cc(Cc2c(C3=CCC(OCCN4CCCC4)C=C3)sc3ccccc23)ccc1CN1CCCC1. The molecule has 2 aliphatic heterocycles. The summed E-state index contributed by atoms with van der Waals surface area (Å²) in [6.07, 6.45) is 14.3. The van der Waals surface area contributed by atoms with E-state index in [2.05, 4.69) is 70.5 Å². The van der Waals surface area contributed by atoms with Gasteiger partial charge < -0.3 is 14.4 Å². The number of hydrogen-bond acceptors (Lipinski definition) is 5. The van der Waals surface area contributed by atoms with E-state index in [4.69, 9.17) is 9.47 Å². The molecule has 2 aromatic carbocycles. The lowest BCUT2D eigenvalue weighted by Gasteiger charge is -2.20. The summed E-state index contributed by atoms with van der Waals surface area (Å²) >= 11 is 1.92. The van der Waals surface area contributed by atoms with Crippen LogP contribution in [0.4, 0.5) is 0 Å². The molecule has 0 spiro atoms. The zero-order valence-electron chi connectivity index (χ0n) is 22.7. The maximum Gasteiger partial charge on any atom is 0.123 e. The number of hydrogen-bond donors (Lipinski definition) is 0. The number of benzene rings is 2. The van der Waals surface area contributed by atoms with Crippen molar-refractivity contribution in [3.8, 4) is 5.75 Å². The number of rotatable bonds is 10. The van der Waals surface area contributed by atoms with Gasteiger partial charge in [0.25, 0.3) is 0 Å². The predicted molar refractivity (Wildman–Crippen MR) is 159 cm³/mol. The number of methoxy groups -OCH3 is 1. The Hall–Kier alpha value is -2.44. The van der Waals surface area contributed by atoms with E-state index < -0.39 is 0 Å². The summed E-state index contributed by atoms with van der Waals surface area (Å²) in [4.78, 5) is 6.44. The summed E-state index contributed by atoms with van der Waals surface area (Å²) in [5, 5.41) is 1.37. The highest BCUT2D eigenvalue weighted by Crippen LogP contribution is 2.39. The van der Waals surface area contributed by atoms with Gasteiger partial charge in [-0.15, -0.1) is 11.3 Å². The molecule has 4 nitrogen and oxygen atoms in total. The molecule has 5 heteroatoms. The van der Waals surface area contributed by atoms with E-state index in [1.54, 1.807) is 7.11 Å². The van der Waals surface area contributed by atoms with Crippen LogP contribution in [0.15, 0.2) is 60.7 Å². The van der Waals surface area contributed by atoms with Crippen molar-refractivity contribution in [1.82, 2.24) is 9.80 Å². The molecule has 0 bridgehead atoms.